The van der Waals surface area contributed by atoms with Crippen LogP contribution in [0.25, 0.3) is 0 Å². The SMILES string of the molecule is C=C(C)C1=C(/C=C\C)C(=O)OC(=O)/C1=C/C. The quantitative estimate of drug-likeness (QED) is 0.406. The van der Waals surface area contributed by atoms with E-state index in [-0.39, 0.29) is 0 Å². The largest absolute Gasteiger partial charge is 0.386 e. The number of carbonyl (C=O) groups is 2. The molecule has 3 nitrogen and oxygen atoms in total. The third-order valence-corrected chi connectivity index (χ3v) is 2.21. The van der Waals surface area contributed by atoms with E-state index in [9.17, 15) is 9.59 Å². The summed E-state index contributed by atoms with van der Waals surface area (Å²) in [5.41, 5.74) is 2.01. The maximum atomic E-state index is 11.6. The molecule has 0 atom stereocenters. The molecule has 0 fully saturated rings. The molecular formula is C13H14O3. The van der Waals surface area contributed by atoms with E-state index in [4.69, 9.17) is 0 Å². The molecule has 0 aromatic carbocycles. The van der Waals surface area contributed by atoms with Crippen LogP contribution in [0.4, 0.5) is 0 Å². The van der Waals surface area contributed by atoms with Crippen molar-refractivity contribution in [2.75, 3.05) is 0 Å². The molecule has 0 aliphatic carbocycles. The summed E-state index contributed by atoms with van der Waals surface area (Å²) in [5.74, 6) is -1.23. The number of ether oxygens (including phenoxy) is 1. The molecule has 1 aliphatic rings. The molecule has 0 aromatic rings. The molecule has 1 heterocycles. The van der Waals surface area contributed by atoms with Crippen molar-refractivity contribution in [3.05, 3.63) is 47.1 Å². The summed E-state index contributed by atoms with van der Waals surface area (Å²) in [7, 11) is 0. The van der Waals surface area contributed by atoms with Crippen LogP contribution in [0.3, 0.4) is 0 Å². The minimum Gasteiger partial charge on any atom is -0.386 e. The van der Waals surface area contributed by atoms with E-state index >= 15 is 0 Å². The van der Waals surface area contributed by atoms with Crippen LogP contribution in [0.1, 0.15) is 20.8 Å². The molecule has 1 rings (SSSR count). The molecule has 0 amide bonds. The molecular weight excluding hydrogens is 204 g/mol. The van der Waals surface area contributed by atoms with Gasteiger partial charge < -0.3 is 4.74 Å². The first-order chi connectivity index (χ1) is 7.52. The van der Waals surface area contributed by atoms with Gasteiger partial charge in [-0.05, 0) is 26.3 Å². The lowest BCUT2D eigenvalue weighted by Crippen LogP contribution is -2.24. The molecule has 0 aromatic heterocycles. The highest BCUT2D eigenvalue weighted by molar-refractivity contribution is 6.12. The smallest absolute Gasteiger partial charge is 0.346 e. The lowest BCUT2D eigenvalue weighted by atomic mass is 9.92. The molecule has 1 aliphatic heterocycles. The van der Waals surface area contributed by atoms with Gasteiger partial charge in [-0.1, -0.05) is 24.8 Å². The van der Waals surface area contributed by atoms with Crippen LogP contribution < -0.4 is 0 Å². The van der Waals surface area contributed by atoms with Gasteiger partial charge in [0.1, 0.15) is 0 Å². The Balaban J connectivity index is 3.52. The molecule has 0 unspecified atom stereocenters. The first-order valence-electron chi connectivity index (χ1n) is 4.99. The second-order valence-electron chi connectivity index (χ2n) is 3.45. The van der Waals surface area contributed by atoms with Gasteiger partial charge >= 0.3 is 11.9 Å². The Kier molecular flexibility index (Phi) is 3.61. The maximum Gasteiger partial charge on any atom is 0.346 e. The van der Waals surface area contributed by atoms with Crippen molar-refractivity contribution >= 4 is 11.9 Å². The first-order valence-corrected chi connectivity index (χ1v) is 4.99. The Hall–Kier alpha value is -1.90. The maximum absolute atomic E-state index is 11.6. The van der Waals surface area contributed by atoms with E-state index in [0.29, 0.717) is 22.3 Å². The zero-order valence-corrected chi connectivity index (χ0v) is 9.66. The number of hydrogen-bond donors (Lipinski definition) is 0. The van der Waals surface area contributed by atoms with Gasteiger partial charge in [0.15, 0.2) is 0 Å². The zero-order chi connectivity index (χ0) is 12.3. The number of rotatable bonds is 2. The van der Waals surface area contributed by atoms with Crippen LogP contribution in [-0.2, 0) is 14.3 Å². The Morgan fingerprint density at radius 3 is 2.31 bits per heavy atom. The van der Waals surface area contributed by atoms with Crippen molar-refractivity contribution in [1.82, 2.24) is 0 Å². The van der Waals surface area contributed by atoms with Crippen molar-refractivity contribution in [1.29, 1.82) is 0 Å². The highest BCUT2D eigenvalue weighted by Gasteiger charge is 2.30. The first kappa shape index (κ1) is 12.2. The standard InChI is InChI=1S/C13H14O3/c1-5-7-10-11(8(3)4)9(6-2)12(14)16-13(10)15/h5-7H,3H2,1-2,4H3/b7-5-,9-6+. The molecule has 3 heteroatoms. The second kappa shape index (κ2) is 4.75. The third-order valence-electron chi connectivity index (χ3n) is 2.21. The lowest BCUT2D eigenvalue weighted by molar-refractivity contribution is -0.154. The van der Waals surface area contributed by atoms with Gasteiger partial charge in [0, 0.05) is 5.57 Å². The van der Waals surface area contributed by atoms with Gasteiger partial charge in [0.25, 0.3) is 0 Å². The van der Waals surface area contributed by atoms with Crippen LogP contribution in [0.5, 0.6) is 0 Å². The topological polar surface area (TPSA) is 43.4 Å². The Labute approximate surface area is 94.8 Å². The van der Waals surface area contributed by atoms with Gasteiger partial charge in [-0.25, -0.2) is 9.59 Å². The van der Waals surface area contributed by atoms with Crippen molar-refractivity contribution in [3.8, 4) is 0 Å². The predicted molar refractivity (Wildman–Crippen MR) is 61.5 cm³/mol. The average molecular weight is 218 g/mol. The van der Waals surface area contributed by atoms with E-state index in [0.717, 1.165) is 0 Å². The summed E-state index contributed by atoms with van der Waals surface area (Å²) in [4.78, 5) is 23.0. The van der Waals surface area contributed by atoms with E-state index in [1.807, 2.05) is 0 Å². The van der Waals surface area contributed by atoms with Gasteiger partial charge in [0.2, 0.25) is 0 Å². The van der Waals surface area contributed by atoms with Crippen molar-refractivity contribution in [2.24, 2.45) is 0 Å². The number of allylic oxidation sites excluding steroid dienone is 3. The summed E-state index contributed by atoms with van der Waals surface area (Å²) < 4.78 is 4.64. The Morgan fingerprint density at radius 1 is 1.25 bits per heavy atom. The molecule has 0 radical (unpaired) electrons. The lowest BCUT2D eigenvalue weighted by Gasteiger charge is -2.19. The molecule has 0 bridgehead atoms. The van der Waals surface area contributed by atoms with E-state index in [2.05, 4.69) is 11.3 Å². The van der Waals surface area contributed by atoms with Crippen LogP contribution in [0.15, 0.2) is 47.1 Å². The monoisotopic (exact) mass is 218 g/mol. The summed E-state index contributed by atoms with van der Waals surface area (Å²) in [6.07, 6.45) is 4.98. The fourth-order valence-electron chi connectivity index (χ4n) is 1.58. The van der Waals surface area contributed by atoms with Crippen molar-refractivity contribution in [2.45, 2.75) is 20.8 Å². The van der Waals surface area contributed by atoms with Crippen LogP contribution in [-0.4, -0.2) is 11.9 Å². The normalized spacial score (nSPS) is 19.6. The summed E-state index contributed by atoms with van der Waals surface area (Å²) >= 11 is 0. The average Bonchev–Trinajstić information content (AvgIpc) is 2.21. The molecule has 0 saturated heterocycles. The minimum atomic E-state index is -0.619. The van der Waals surface area contributed by atoms with Gasteiger partial charge in [-0.3, -0.25) is 0 Å². The number of esters is 2. The van der Waals surface area contributed by atoms with Gasteiger partial charge in [0.05, 0.1) is 11.1 Å². The summed E-state index contributed by atoms with van der Waals surface area (Å²) in [6.45, 7) is 9.06. The third kappa shape index (κ3) is 2.03. The molecule has 0 N–H and O–H groups in total. The van der Waals surface area contributed by atoms with Crippen LogP contribution >= 0.6 is 0 Å². The van der Waals surface area contributed by atoms with Crippen LogP contribution in [0.2, 0.25) is 0 Å². The van der Waals surface area contributed by atoms with E-state index in [1.165, 1.54) is 0 Å². The highest BCUT2D eigenvalue weighted by Crippen LogP contribution is 2.29. The van der Waals surface area contributed by atoms with Gasteiger partial charge in [-0.2, -0.15) is 0 Å². The fourth-order valence-corrected chi connectivity index (χ4v) is 1.58. The summed E-state index contributed by atoms with van der Waals surface area (Å²) in [6, 6.07) is 0. The number of hydrogen-bond acceptors (Lipinski definition) is 3. The number of carbonyl (C=O) groups excluding carboxylic acids is 2. The molecule has 0 saturated carbocycles. The van der Waals surface area contributed by atoms with E-state index < -0.39 is 11.9 Å². The van der Waals surface area contributed by atoms with Crippen LogP contribution in [0, 0.1) is 0 Å². The molecule has 16 heavy (non-hydrogen) atoms. The zero-order valence-electron chi connectivity index (χ0n) is 9.66. The summed E-state index contributed by atoms with van der Waals surface area (Å²) in [5, 5.41) is 0. The van der Waals surface area contributed by atoms with Gasteiger partial charge in [-0.15, -0.1) is 0 Å². The molecule has 84 valence electrons. The number of cyclic esters (lactones) is 2. The van der Waals surface area contributed by atoms with E-state index in [1.54, 1.807) is 39.0 Å². The fraction of sp³-hybridized carbons (Fsp3) is 0.231. The highest BCUT2D eigenvalue weighted by atomic mass is 16.6. The van der Waals surface area contributed by atoms with Crippen molar-refractivity contribution in [3.63, 3.8) is 0 Å². The Bertz CT molecular complexity index is 448. The van der Waals surface area contributed by atoms with Crippen molar-refractivity contribution < 1.29 is 14.3 Å². The molecule has 0 spiro atoms. The second-order valence-corrected chi connectivity index (χ2v) is 3.45. The minimum absolute atomic E-state index is 0.378. The predicted octanol–water partition coefficient (Wildman–Crippen LogP) is 2.46. The Morgan fingerprint density at radius 2 is 1.88 bits per heavy atom.